The van der Waals surface area contributed by atoms with Gasteiger partial charge in [0, 0.05) is 52.8 Å². The Hall–Kier alpha value is -3.08. The molecule has 1 saturated heterocycles. The summed E-state index contributed by atoms with van der Waals surface area (Å²) in [5, 5.41) is 4.25. The van der Waals surface area contributed by atoms with Crippen LogP contribution in [0.4, 0.5) is 5.69 Å². The molecule has 148 valence electrons. The second-order valence-electron chi connectivity index (χ2n) is 8.21. The first kappa shape index (κ1) is 18.0. The van der Waals surface area contributed by atoms with E-state index in [-0.39, 0.29) is 23.7 Å². The van der Waals surface area contributed by atoms with Crippen LogP contribution >= 0.6 is 0 Å². The number of hydrogen-bond acceptors (Lipinski definition) is 2. The zero-order valence-corrected chi connectivity index (χ0v) is 16.4. The molecule has 2 heterocycles. The van der Waals surface area contributed by atoms with Crippen LogP contribution in [0.25, 0.3) is 22.2 Å². The Balaban J connectivity index is 1.24. The third-order valence-corrected chi connectivity index (χ3v) is 6.08. The van der Waals surface area contributed by atoms with Gasteiger partial charge in [-0.05, 0) is 49.9 Å². The van der Waals surface area contributed by atoms with Crippen LogP contribution in [0.15, 0.2) is 54.6 Å². The van der Waals surface area contributed by atoms with Gasteiger partial charge in [-0.25, -0.2) is 0 Å². The van der Waals surface area contributed by atoms with E-state index < -0.39 is 0 Å². The first-order valence-corrected chi connectivity index (χ1v) is 10.5. The van der Waals surface area contributed by atoms with Crippen molar-refractivity contribution in [1.82, 2.24) is 9.88 Å². The number of likely N-dealkylation sites (tertiary alicyclic amines) is 1. The molecule has 0 radical (unpaired) electrons. The largest absolute Gasteiger partial charge is 0.355 e. The van der Waals surface area contributed by atoms with Crippen LogP contribution in [-0.4, -0.2) is 34.8 Å². The standard InChI is InChI=1S/C24H25N3O2/c28-23(16-10-12-27(13-11-16)24(29)17-8-9-17)25-20-6-3-5-18(14-20)22-15-19-4-1-2-7-21(19)26-22/h1-7,14-17,26H,8-13H2,(H,25,28). The van der Waals surface area contributed by atoms with Crippen molar-refractivity contribution in [3.63, 3.8) is 0 Å². The summed E-state index contributed by atoms with van der Waals surface area (Å²) in [6, 6.07) is 18.3. The lowest BCUT2D eigenvalue weighted by Crippen LogP contribution is -2.42. The second kappa shape index (κ2) is 7.39. The van der Waals surface area contributed by atoms with Crippen LogP contribution < -0.4 is 5.32 Å². The molecule has 5 nitrogen and oxygen atoms in total. The number of hydrogen-bond donors (Lipinski definition) is 2. The summed E-state index contributed by atoms with van der Waals surface area (Å²) in [6.07, 6.45) is 3.55. The molecule has 0 atom stereocenters. The van der Waals surface area contributed by atoms with Gasteiger partial charge in [0.1, 0.15) is 0 Å². The van der Waals surface area contributed by atoms with Crippen LogP contribution in [0, 0.1) is 11.8 Å². The molecule has 2 aliphatic rings. The van der Waals surface area contributed by atoms with E-state index in [1.807, 2.05) is 41.3 Å². The lowest BCUT2D eigenvalue weighted by molar-refractivity contribution is -0.135. The fourth-order valence-corrected chi connectivity index (χ4v) is 4.19. The number of aromatic amines is 1. The summed E-state index contributed by atoms with van der Waals surface area (Å²) in [7, 11) is 0. The number of carbonyl (C=O) groups excluding carboxylic acids is 2. The van der Waals surface area contributed by atoms with E-state index in [4.69, 9.17) is 0 Å². The number of anilines is 1. The fourth-order valence-electron chi connectivity index (χ4n) is 4.19. The Morgan fingerprint density at radius 1 is 0.897 bits per heavy atom. The van der Waals surface area contributed by atoms with E-state index in [0.717, 1.165) is 48.1 Å². The summed E-state index contributed by atoms with van der Waals surface area (Å²) in [6.45, 7) is 1.39. The molecular formula is C24H25N3O2. The minimum absolute atomic E-state index is 0.0324. The molecule has 2 amide bonds. The van der Waals surface area contributed by atoms with Crippen molar-refractivity contribution in [2.75, 3.05) is 18.4 Å². The topological polar surface area (TPSA) is 65.2 Å². The van der Waals surface area contributed by atoms with Crippen LogP contribution in [0.3, 0.4) is 0 Å². The van der Waals surface area contributed by atoms with Crippen molar-refractivity contribution in [3.8, 4) is 11.3 Å². The number of carbonyl (C=O) groups is 2. The Kier molecular flexibility index (Phi) is 4.58. The molecule has 0 spiro atoms. The maximum atomic E-state index is 12.8. The SMILES string of the molecule is O=C(Nc1cccc(-c2cc3ccccc3[nH]2)c1)C1CCN(C(=O)C2CC2)CC1. The van der Waals surface area contributed by atoms with Gasteiger partial charge >= 0.3 is 0 Å². The van der Waals surface area contributed by atoms with E-state index in [1.54, 1.807) is 0 Å². The highest BCUT2D eigenvalue weighted by Crippen LogP contribution is 2.33. The first-order valence-electron chi connectivity index (χ1n) is 10.5. The highest BCUT2D eigenvalue weighted by molar-refractivity contribution is 5.94. The van der Waals surface area contributed by atoms with Crippen molar-refractivity contribution >= 4 is 28.4 Å². The van der Waals surface area contributed by atoms with Crippen LogP contribution in [0.2, 0.25) is 0 Å². The number of H-pyrrole nitrogens is 1. The van der Waals surface area contributed by atoms with Gasteiger partial charge in [-0.3, -0.25) is 9.59 Å². The third-order valence-electron chi connectivity index (χ3n) is 6.08. The predicted octanol–water partition coefficient (Wildman–Crippen LogP) is 4.42. The highest BCUT2D eigenvalue weighted by Gasteiger charge is 2.35. The lowest BCUT2D eigenvalue weighted by Gasteiger charge is -2.31. The van der Waals surface area contributed by atoms with E-state index in [0.29, 0.717) is 13.1 Å². The molecule has 1 saturated carbocycles. The quantitative estimate of drug-likeness (QED) is 0.696. The number of nitrogens with one attached hydrogen (secondary N) is 2. The summed E-state index contributed by atoms with van der Waals surface area (Å²) in [5.41, 5.74) is 3.99. The number of benzene rings is 2. The highest BCUT2D eigenvalue weighted by atomic mass is 16.2. The van der Waals surface area contributed by atoms with E-state index >= 15 is 0 Å². The molecule has 0 bridgehead atoms. The average molecular weight is 387 g/mol. The van der Waals surface area contributed by atoms with E-state index in [9.17, 15) is 9.59 Å². The number of amides is 2. The molecule has 0 unspecified atom stereocenters. The monoisotopic (exact) mass is 387 g/mol. The van der Waals surface area contributed by atoms with Crippen LogP contribution in [0.1, 0.15) is 25.7 Å². The minimum Gasteiger partial charge on any atom is -0.355 e. The fraction of sp³-hybridized carbons (Fsp3) is 0.333. The maximum absolute atomic E-state index is 12.8. The zero-order chi connectivity index (χ0) is 19.8. The van der Waals surface area contributed by atoms with Crippen molar-refractivity contribution in [3.05, 3.63) is 54.6 Å². The Morgan fingerprint density at radius 2 is 1.69 bits per heavy atom. The number of para-hydroxylation sites is 1. The summed E-state index contributed by atoms with van der Waals surface area (Å²) in [4.78, 5) is 30.3. The van der Waals surface area contributed by atoms with Gasteiger partial charge in [0.2, 0.25) is 11.8 Å². The van der Waals surface area contributed by atoms with Crippen molar-refractivity contribution < 1.29 is 9.59 Å². The predicted molar refractivity (Wildman–Crippen MR) is 114 cm³/mol. The van der Waals surface area contributed by atoms with Gasteiger partial charge < -0.3 is 15.2 Å². The number of fused-ring (bicyclic) bond motifs is 1. The minimum atomic E-state index is -0.0324. The molecule has 2 aromatic carbocycles. The van der Waals surface area contributed by atoms with E-state index in [2.05, 4.69) is 28.5 Å². The van der Waals surface area contributed by atoms with Crippen LogP contribution in [0.5, 0.6) is 0 Å². The third kappa shape index (κ3) is 3.77. The van der Waals surface area contributed by atoms with Crippen LogP contribution in [-0.2, 0) is 9.59 Å². The molecule has 5 heteroatoms. The smallest absolute Gasteiger partial charge is 0.227 e. The van der Waals surface area contributed by atoms with Crippen molar-refractivity contribution in [1.29, 1.82) is 0 Å². The normalized spacial score (nSPS) is 17.4. The number of piperidine rings is 1. The molecule has 1 aliphatic heterocycles. The molecule has 2 fully saturated rings. The molecule has 2 N–H and O–H groups in total. The first-order chi connectivity index (χ1) is 14.2. The lowest BCUT2D eigenvalue weighted by atomic mass is 9.95. The van der Waals surface area contributed by atoms with Gasteiger partial charge in [0.15, 0.2) is 0 Å². The number of aromatic nitrogens is 1. The Morgan fingerprint density at radius 3 is 2.45 bits per heavy atom. The molecule has 1 aliphatic carbocycles. The number of rotatable bonds is 4. The van der Waals surface area contributed by atoms with Crippen molar-refractivity contribution in [2.24, 2.45) is 11.8 Å². The molecular weight excluding hydrogens is 362 g/mol. The molecule has 29 heavy (non-hydrogen) atoms. The molecule has 3 aromatic rings. The zero-order valence-electron chi connectivity index (χ0n) is 16.4. The second-order valence-corrected chi connectivity index (χ2v) is 8.21. The summed E-state index contributed by atoms with van der Waals surface area (Å²) < 4.78 is 0. The Bertz CT molecular complexity index is 1030. The van der Waals surface area contributed by atoms with Crippen molar-refractivity contribution in [2.45, 2.75) is 25.7 Å². The molecule has 1 aromatic heterocycles. The Labute approximate surface area is 170 Å². The van der Waals surface area contributed by atoms with Gasteiger partial charge in [-0.2, -0.15) is 0 Å². The van der Waals surface area contributed by atoms with Gasteiger partial charge in [-0.1, -0.05) is 30.3 Å². The van der Waals surface area contributed by atoms with Gasteiger partial charge in [0.25, 0.3) is 0 Å². The van der Waals surface area contributed by atoms with Gasteiger partial charge in [-0.15, -0.1) is 0 Å². The van der Waals surface area contributed by atoms with E-state index in [1.165, 1.54) is 5.39 Å². The average Bonchev–Trinajstić information content (AvgIpc) is 3.51. The summed E-state index contributed by atoms with van der Waals surface area (Å²) in [5.74, 6) is 0.565. The maximum Gasteiger partial charge on any atom is 0.227 e. The van der Waals surface area contributed by atoms with Gasteiger partial charge in [0.05, 0.1) is 0 Å². The number of nitrogens with zero attached hydrogens (tertiary/aromatic N) is 1. The summed E-state index contributed by atoms with van der Waals surface area (Å²) >= 11 is 0. The molecule has 5 rings (SSSR count).